The fourth-order valence-electron chi connectivity index (χ4n) is 1.70. The molecule has 1 heterocycles. The molecule has 144 valence electrons. The number of hydrogen-bond donors (Lipinski definition) is 5. The van der Waals surface area contributed by atoms with Crippen molar-refractivity contribution in [3.05, 3.63) is 34.2 Å². The number of nitrogens with zero attached hydrogens (tertiary/aromatic N) is 5. The van der Waals surface area contributed by atoms with Crippen molar-refractivity contribution < 1.29 is 14.2 Å². The van der Waals surface area contributed by atoms with Gasteiger partial charge >= 0.3 is 0 Å². The first-order valence-electron chi connectivity index (χ1n) is 7.20. The molecule has 0 aliphatic rings. The molecule has 8 N–H and O–H groups in total. The number of guanidine groups is 2. The van der Waals surface area contributed by atoms with E-state index in [-0.39, 0.29) is 27.9 Å². The number of halogens is 2. The van der Waals surface area contributed by atoms with Crippen molar-refractivity contribution in [1.29, 1.82) is 0 Å². The lowest BCUT2D eigenvalue weighted by molar-refractivity contribution is 0.234. The largest absolute Gasteiger partial charge is 0.370 e. The van der Waals surface area contributed by atoms with Gasteiger partial charge in [-0.1, -0.05) is 11.8 Å². The first kappa shape index (κ1) is 20.6. The van der Waals surface area contributed by atoms with E-state index in [1.807, 2.05) is 5.48 Å². The zero-order valence-corrected chi connectivity index (χ0v) is 16.0. The van der Waals surface area contributed by atoms with Crippen molar-refractivity contribution in [3.63, 3.8) is 0 Å². The van der Waals surface area contributed by atoms with Gasteiger partial charge in [-0.3, -0.25) is 15.7 Å². The molecule has 0 unspecified atom stereocenters. The van der Waals surface area contributed by atoms with Gasteiger partial charge in [-0.25, -0.2) is 14.0 Å². The minimum absolute atomic E-state index is 0.0271. The maximum atomic E-state index is 13.3. The van der Waals surface area contributed by atoms with Gasteiger partial charge in [0.1, 0.15) is 5.82 Å². The Morgan fingerprint density at radius 2 is 2.11 bits per heavy atom. The number of aromatic nitrogens is 2. The third kappa shape index (κ3) is 6.19. The molecular weight excluding hydrogens is 445 g/mol. The second-order valence-electron chi connectivity index (χ2n) is 4.71. The van der Waals surface area contributed by atoms with Gasteiger partial charge in [-0.2, -0.15) is 4.99 Å². The third-order valence-corrected chi connectivity index (χ3v) is 4.32. The highest BCUT2D eigenvalue weighted by molar-refractivity contribution is 9.10. The van der Waals surface area contributed by atoms with Crippen LogP contribution in [-0.4, -0.2) is 45.6 Å². The van der Waals surface area contributed by atoms with Gasteiger partial charge in [0, 0.05) is 5.75 Å². The van der Waals surface area contributed by atoms with Crippen LogP contribution in [-0.2, 0) is 0 Å². The Hall–Kier alpha value is -2.71. The topological polar surface area (TPSA) is 186 Å². The van der Waals surface area contributed by atoms with E-state index < -0.39 is 5.82 Å². The van der Waals surface area contributed by atoms with Crippen molar-refractivity contribution in [2.75, 3.05) is 12.3 Å². The number of nitrogens with one attached hydrogen (secondary N) is 1. The van der Waals surface area contributed by atoms with Crippen LogP contribution >= 0.6 is 27.7 Å². The summed E-state index contributed by atoms with van der Waals surface area (Å²) in [7, 11) is 0. The number of nitrogens with two attached hydrogens (primary N) is 3. The summed E-state index contributed by atoms with van der Waals surface area (Å²) in [4.78, 5) is 11.7. The normalized spacial score (nSPS) is 12.1. The average molecular weight is 460 g/mol. The van der Waals surface area contributed by atoms with Gasteiger partial charge < -0.3 is 17.2 Å². The lowest BCUT2D eigenvalue weighted by Crippen LogP contribution is -2.26. The summed E-state index contributed by atoms with van der Waals surface area (Å²) in [5.41, 5.74) is 18.3. The predicted molar refractivity (Wildman–Crippen MR) is 103 cm³/mol. The summed E-state index contributed by atoms with van der Waals surface area (Å²) >= 11 is 4.30. The maximum Gasteiger partial charge on any atom is 0.218 e. The molecule has 0 atom stereocenters. The molecule has 0 radical (unpaired) electrons. The number of thioether (sulfide) groups is 1. The smallest absolute Gasteiger partial charge is 0.218 e. The summed E-state index contributed by atoms with van der Waals surface area (Å²) in [5, 5.41) is 17.2. The number of hydroxylamine groups is 1. The minimum Gasteiger partial charge on any atom is -0.370 e. The lowest BCUT2D eigenvalue weighted by atomic mass is 10.3. The second kappa shape index (κ2) is 9.84. The zero-order chi connectivity index (χ0) is 19.8. The Morgan fingerprint density at radius 3 is 2.78 bits per heavy atom. The molecule has 0 aliphatic heterocycles. The van der Waals surface area contributed by atoms with Crippen LogP contribution in [0.25, 0.3) is 0 Å². The number of rotatable bonds is 6. The summed E-state index contributed by atoms with van der Waals surface area (Å²) in [6.45, 7) is 0.295. The van der Waals surface area contributed by atoms with Crippen LogP contribution in [0.15, 0.2) is 47.3 Å². The van der Waals surface area contributed by atoms with Crippen LogP contribution in [0, 0.1) is 5.82 Å². The number of benzene rings is 1. The Balaban J connectivity index is 2.10. The highest BCUT2D eigenvalue weighted by Gasteiger charge is 2.17. The Bertz CT molecular complexity index is 882. The van der Waals surface area contributed by atoms with Gasteiger partial charge in [0.25, 0.3) is 0 Å². The van der Waals surface area contributed by atoms with Gasteiger partial charge in [-0.15, -0.1) is 0 Å². The van der Waals surface area contributed by atoms with E-state index in [0.717, 1.165) is 0 Å². The fraction of sp³-hybridized carbons (Fsp3) is 0.154. The lowest BCUT2D eigenvalue weighted by Gasteiger charge is -2.03. The molecule has 27 heavy (non-hydrogen) atoms. The van der Waals surface area contributed by atoms with Crippen LogP contribution < -0.4 is 22.7 Å². The van der Waals surface area contributed by atoms with Crippen molar-refractivity contribution in [2.45, 2.75) is 5.03 Å². The highest BCUT2D eigenvalue weighted by atomic mass is 79.9. The number of amidine groups is 1. The van der Waals surface area contributed by atoms with Crippen LogP contribution in [0.5, 0.6) is 0 Å². The van der Waals surface area contributed by atoms with Crippen LogP contribution in [0.3, 0.4) is 0 Å². The summed E-state index contributed by atoms with van der Waals surface area (Å²) in [6, 6.07) is 4.10. The summed E-state index contributed by atoms with van der Waals surface area (Å²) < 4.78 is 18.2. The van der Waals surface area contributed by atoms with Gasteiger partial charge in [0.05, 0.1) is 16.7 Å². The second-order valence-corrected chi connectivity index (χ2v) is 6.65. The molecule has 0 aliphatic carbocycles. The molecular formula is C13H15BrFN9O2S. The molecule has 0 saturated heterocycles. The standard InChI is InChI=1S/C13H15BrFN9O2S/c14-7-5-6(1-2-8(7)15)20-10(22-25)9-11(24-26-23-9)27-4-3-19-13(18)21-12(16)17/h1-2,5,25H,3-4H2,(H,20,22)(H6,16,17,18,19,21). The van der Waals surface area contributed by atoms with Crippen LogP contribution in [0.1, 0.15) is 5.69 Å². The van der Waals surface area contributed by atoms with Crippen molar-refractivity contribution in [2.24, 2.45) is 32.2 Å². The molecule has 1 aromatic carbocycles. The van der Waals surface area contributed by atoms with E-state index in [2.05, 4.69) is 41.2 Å². The molecule has 0 bridgehead atoms. The molecule has 0 amide bonds. The Kier molecular flexibility index (Phi) is 7.51. The first-order chi connectivity index (χ1) is 12.9. The molecule has 1 aromatic heterocycles. The van der Waals surface area contributed by atoms with Crippen LogP contribution in [0.2, 0.25) is 0 Å². The monoisotopic (exact) mass is 459 g/mol. The van der Waals surface area contributed by atoms with Crippen molar-refractivity contribution >= 4 is 51.1 Å². The number of hydrogen-bond acceptors (Lipinski definition) is 7. The maximum absolute atomic E-state index is 13.3. The number of aliphatic imine (C=N–C) groups is 3. The summed E-state index contributed by atoms with van der Waals surface area (Å²) in [5.74, 6) is -0.250. The summed E-state index contributed by atoms with van der Waals surface area (Å²) in [6.07, 6.45) is 0. The van der Waals surface area contributed by atoms with Gasteiger partial charge in [0.15, 0.2) is 22.5 Å². The Labute approximate surface area is 165 Å². The average Bonchev–Trinajstić information content (AvgIpc) is 3.07. The van der Waals surface area contributed by atoms with E-state index in [1.54, 1.807) is 0 Å². The molecule has 2 rings (SSSR count). The predicted octanol–water partition coefficient (Wildman–Crippen LogP) is 0.709. The SMILES string of the molecule is NC(N)=NC(N)=NCCSc1nonc1C(=Nc1ccc(F)c(Br)c1)NO. The molecule has 11 nitrogen and oxygen atoms in total. The third-order valence-electron chi connectivity index (χ3n) is 2.78. The fourth-order valence-corrected chi connectivity index (χ4v) is 2.80. The molecule has 2 aromatic rings. The Morgan fingerprint density at radius 1 is 1.33 bits per heavy atom. The van der Waals surface area contributed by atoms with Gasteiger partial charge in [-0.05, 0) is 44.4 Å². The van der Waals surface area contributed by atoms with E-state index in [4.69, 9.17) is 21.8 Å². The van der Waals surface area contributed by atoms with E-state index >= 15 is 0 Å². The minimum atomic E-state index is -0.438. The van der Waals surface area contributed by atoms with E-state index in [9.17, 15) is 9.60 Å². The quantitative estimate of drug-likeness (QED) is 0.136. The van der Waals surface area contributed by atoms with Crippen molar-refractivity contribution in [3.8, 4) is 0 Å². The zero-order valence-electron chi connectivity index (χ0n) is 13.6. The molecule has 14 heteroatoms. The molecule has 0 spiro atoms. The van der Waals surface area contributed by atoms with E-state index in [1.165, 1.54) is 30.0 Å². The first-order valence-corrected chi connectivity index (χ1v) is 8.97. The molecule has 0 saturated carbocycles. The highest BCUT2D eigenvalue weighted by Crippen LogP contribution is 2.24. The molecule has 0 fully saturated rings. The van der Waals surface area contributed by atoms with Crippen molar-refractivity contribution in [1.82, 2.24) is 15.8 Å². The van der Waals surface area contributed by atoms with Crippen LogP contribution in [0.4, 0.5) is 10.1 Å². The van der Waals surface area contributed by atoms with Gasteiger partial charge in [0.2, 0.25) is 5.96 Å². The van der Waals surface area contributed by atoms with E-state index in [0.29, 0.717) is 23.0 Å².